The monoisotopic (exact) mass is 691 g/mol. The minimum Gasteiger partial charge on any atom is -0.455 e. The van der Waals surface area contributed by atoms with Gasteiger partial charge in [0.2, 0.25) is 6.71 Å². The quantitative estimate of drug-likeness (QED) is 0.160. The van der Waals surface area contributed by atoms with Crippen LogP contribution in [0.4, 0.5) is 0 Å². The van der Waals surface area contributed by atoms with Crippen LogP contribution in [0.5, 0.6) is 0 Å². The van der Waals surface area contributed by atoms with Crippen molar-refractivity contribution in [2.24, 2.45) is 0 Å². The summed E-state index contributed by atoms with van der Waals surface area (Å²) < 4.78 is 12.0. The maximum atomic E-state index is 6.87. The molecule has 50 heavy (non-hydrogen) atoms. The van der Waals surface area contributed by atoms with E-state index in [1.165, 1.54) is 100 Å². The van der Waals surface area contributed by atoms with Crippen LogP contribution in [-0.4, -0.2) is 11.3 Å². The Morgan fingerprint density at radius 2 is 1.22 bits per heavy atom. The van der Waals surface area contributed by atoms with Gasteiger partial charge in [0.05, 0.1) is 16.4 Å². The Labute approximate surface area is 300 Å². The fraction of sp³-hybridized carbons (Fsp3) is 0.0455. The number of aryl methyl sites for hydroxylation is 2. The summed E-state index contributed by atoms with van der Waals surface area (Å²) in [7, 11) is 0. The number of benzene rings is 7. The van der Waals surface area contributed by atoms with Gasteiger partial charge in [-0.05, 0) is 61.8 Å². The molecular weight excluding hydrogens is 666 g/mol. The summed E-state index contributed by atoms with van der Waals surface area (Å²) in [6.07, 6.45) is 0. The summed E-state index contributed by atoms with van der Waals surface area (Å²) in [5, 5.41) is 7.41. The first-order valence-electron chi connectivity index (χ1n) is 17.0. The average molecular weight is 692 g/mol. The molecule has 0 spiro atoms. The van der Waals surface area contributed by atoms with Crippen LogP contribution in [0.25, 0.3) is 69.6 Å². The molecule has 0 N–H and O–H groups in total. The number of fused-ring (bicyclic) bond motifs is 16. The molecule has 7 aromatic carbocycles. The molecule has 3 aromatic heterocycles. The van der Waals surface area contributed by atoms with E-state index in [0.29, 0.717) is 0 Å². The van der Waals surface area contributed by atoms with Crippen molar-refractivity contribution in [1.29, 1.82) is 0 Å². The van der Waals surface area contributed by atoms with Crippen LogP contribution in [0.15, 0.2) is 145 Å². The van der Waals surface area contributed by atoms with Crippen LogP contribution >= 0.6 is 34.9 Å². The largest absolute Gasteiger partial charge is 0.455 e. The van der Waals surface area contributed by atoms with Gasteiger partial charge in [0.25, 0.3) is 0 Å². The molecule has 0 saturated heterocycles. The number of thiophene rings is 1. The molecule has 0 fully saturated rings. The molecular formula is C44H26BNOS3. The lowest BCUT2D eigenvalue weighted by Gasteiger charge is -2.33. The van der Waals surface area contributed by atoms with Gasteiger partial charge in [-0.2, -0.15) is 0 Å². The molecule has 2 aliphatic heterocycles. The zero-order valence-corrected chi connectivity index (χ0v) is 29.7. The van der Waals surface area contributed by atoms with Crippen LogP contribution in [0.1, 0.15) is 11.1 Å². The molecule has 6 heteroatoms. The topological polar surface area (TPSA) is 18.1 Å². The van der Waals surface area contributed by atoms with E-state index in [-0.39, 0.29) is 6.71 Å². The Kier molecular flexibility index (Phi) is 5.51. The molecule has 0 aliphatic carbocycles. The molecule has 0 atom stereocenters. The summed E-state index contributed by atoms with van der Waals surface area (Å²) in [5.41, 5.74) is 12.5. The lowest BCUT2D eigenvalue weighted by molar-refractivity contribution is 0.673. The van der Waals surface area contributed by atoms with Gasteiger partial charge in [0.15, 0.2) is 0 Å². The Balaban J connectivity index is 1.25. The van der Waals surface area contributed by atoms with Gasteiger partial charge in [-0.25, -0.2) is 0 Å². The number of rotatable bonds is 1. The molecule has 0 amide bonds. The third kappa shape index (κ3) is 3.58. The van der Waals surface area contributed by atoms with Gasteiger partial charge in [-0.1, -0.05) is 124 Å². The second kappa shape index (κ2) is 9.88. The van der Waals surface area contributed by atoms with Crippen LogP contribution in [0, 0.1) is 13.8 Å². The van der Waals surface area contributed by atoms with Crippen LogP contribution in [0.2, 0.25) is 0 Å². The normalized spacial score (nSPS) is 13.6. The summed E-state index contributed by atoms with van der Waals surface area (Å²) in [4.78, 5) is 5.40. The third-order valence-electron chi connectivity index (χ3n) is 10.8. The zero-order chi connectivity index (χ0) is 32.8. The van der Waals surface area contributed by atoms with E-state index in [0.717, 1.165) is 16.6 Å². The van der Waals surface area contributed by atoms with Crippen molar-refractivity contribution in [2.75, 3.05) is 0 Å². The highest BCUT2D eigenvalue weighted by Gasteiger charge is 2.39. The summed E-state index contributed by atoms with van der Waals surface area (Å²) in [6, 6.07) is 45.3. The Morgan fingerprint density at radius 1 is 0.580 bits per heavy atom. The number of aromatic nitrogens is 1. The highest BCUT2D eigenvalue weighted by molar-refractivity contribution is 8.01. The summed E-state index contributed by atoms with van der Waals surface area (Å²) in [5.74, 6) is 0. The van der Waals surface area contributed by atoms with Crippen molar-refractivity contribution in [2.45, 2.75) is 33.4 Å². The van der Waals surface area contributed by atoms with Crippen molar-refractivity contribution >= 4 is 122 Å². The van der Waals surface area contributed by atoms with E-state index in [1.54, 1.807) is 0 Å². The fourth-order valence-electron chi connectivity index (χ4n) is 8.74. The van der Waals surface area contributed by atoms with E-state index in [1.807, 2.05) is 34.9 Å². The van der Waals surface area contributed by atoms with E-state index in [4.69, 9.17) is 4.42 Å². The van der Waals surface area contributed by atoms with Gasteiger partial charge in [-0.15, -0.1) is 11.3 Å². The Bertz CT molecular complexity index is 3040. The minimum atomic E-state index is 0.224. The molecule has 2 aliphatic rings. The van der Waals surface area contributed by atoms with Crippen molar-refractivity contribution in [3.63, 3.8) is 0 Å². The first-order valence-corrected chi connectivity index (χ1v) is 19.5. The molecule has 0 unspecified atom stereocenters. The lowest BCUT2D eigenvalue weighted by Crippen LogP contribution is -2.58. The Morgan fingerprint density at radius 3 is 1.96 bits per heavy atom. The zero-order valence-electron chi connectivity index (χ0n) is 27.2. The average Bonchev–Trinajstić information content (AvgIpc) is 3.81. The molecule has 12 rings (SSSR count). The minimum absolute atomic E-state index is 0.224. The van der Waals surface area contributed by atoms with Gasteiger partial charge in [-0.3, -0.25) is 0 Å². The van der Waals surface area contributed by atoms with Gasteiger partial charge in [0, 0.05) is 61.6 Å². The molecule has 0 saturated carbocycles. The number of para-hydroxylation sites is 2. The second-order valence-corrected chi connectivity index (χ2v) is 17.0. The van der Waals surface area contributed by atoms with Crippen LogP contribution in [0.3, 0.4) is 0 Å². The van der Waals surface area contributed by atoms with E-state index >= 15 is 0 Å². The van der Waals surface area contributed by atoms with E-state index in [2.05, 4.69) is 140 Å². The highest BCUT2D eigenvalue weighted by Crippen LogP contribution is 2.51. The summed E-state index contributed by atoms with van der Waals surface area (Å²) in [6.45, 7) is 4.66. The van der Waals surface area contributed by atoms with Gasteiger partial charge in [0.1, 0.15) is 11.2 Å². The summed E-state index contributed by atoms with van der Waals surface area (Å²) >= 11 is 5.74. The fourth-order valence-corrected chi connectivity index (χ4v) is 12.4. The van der Waals surface area contributed by atoms with E-state index in [9.17, 15) is 0 Å². The first-order chi connectivity index (χ1) is 24.6. The van der Waals surface area contributed by atoms with Crippen molar-refractivity contribution in [3.8, 4) is 5.69 Å². The number of hydrogen-bond donors (Lipinski definition) is 0. The highest BCUT2D eigenvalue weighted by atomic mass is 32.2. The number of hydrogen-bond acceptors (Lipinski definition) is 4. The SMILES string of the molecule is Cc1ccc2c(c1)B1c3cc(C)ccc3Sc3cc(-n4c5ccccc5c5c6sc7ccccc7c6c6oc7ccccc7c6c54)cc(c31)S2. The lowest BCUT2D eigenvalue weighted by atomic mass is 9.36. The second-order valence-electron chi connectivity index (χ2n) is 13.8. The van der Waals surface area contributed by atoms with Gasteiger partial charge < -0.3 is 8.98 Å². The van der Waals surface area contributed by atoms with Crippen molar-refractivity contribution in [1.82, 2.24) is 4.57 Å². The van der Waals surface area contributed by atoms with Crippen LogP contribution in [-0.2, 0) is 0 Å². The molecule has 0 bridgehead atoms. The van der Waals surface area contributed by atoms with Gasteiger partial charge >= 0.3 is 0 Å². The van der Waals surface area contributed by atoms with E-state index < -0.39 is 0 Å². The molecule has 5 heterocycles. The first kappa shape index (κ1) is 27.9. The predicted molar refractivity (Wildman–Crippen MR) is 216 cm³/mol. The molecule has 2 nitrogen and oxygen atoms in total. The third-order valence-corrected chi connectivity index (χ3v) is 14.3. The predicted octanol–water partition coefficient (Wildman–Crippen LogP) is 11.1. The number of furan rings is 1. The molecule has 0 radical (unpaired) electrons. The Hall–Kier alpha value is -4.88. The maximum absolute atomic E-state index is 6.87. The smallest absolute Gasteiger partial charge is 0.247 e. The van der Waals surface area contributed by atoms with Crippen LogP contribution < -0.4 is 16.4 Å². The maximum Gasteiger partial charge on any atom is 0.247 e. The van der Waals surface area contributed by atoms with Crippen molar-refractivity contribution < 1.29 is 4.42 Å². The molecule has 234 valence electrons. The number of nitrogens with zero attached hydrogens (tertiary/aromatic N) is 1. The standard InChI is InChI=1S/C44H26BNOS3/c1-23-15-17-34-29(19-23)45-30-20-24(2)16-18-35(30)49-37-22-25(21-36(48-34)41(37)45)46-31-12-6-3-9-26(31)39-42(46)38-27-10-4-7-13-32(27)47-43(38)40-28-11-5-8-14-33(28)50-44(39)40/h3-22H,1-2H3. The van der Waals surface area contributed by atoms with Crippen molar-refractivity contribution in [3.05, 3.63) is 132 Å². The molecule has 10 aromatic rings.